The summed E-state index contributed by atoms with van der Waals surface area (Å²) >= 11 is 5.95. The van der Waals surface area contributed by atoms with E-state index in [1.807, 2.05) is 30.3 Å². The van der Waals surface area contributed by atoms with Crippen LogP contribution in [-0.4, -0.2) is 48.7 Å². The topological polar surface area (TPSA) is 70.6 Å². The molecule has 2 aromatic rings. The van der Waals surface area contributed by atoms with Crippen LogP contribution < -0.4 is 0 Å². The maximum atomic E-state index is 12.8. The fourth-order valence-corrected chi connectivity index (χ4v) is 5.19. The van der Waals surface area contributed by atoms with Crippen molar-refractivity contribution in [1.29, 1.82) is 0 Å². The van der Waals surface area contributed by atoms with Crippen molar-refractivity contribution in [1.82, 2.24) is 14.2 Å². The van der Waals surface area contributed by atoms with Gasteiger partial charge in [-0.05, 0) is 30.5 Å². The third kappa shape index (κ3) is 4.48. The molecule has 0 aliphatic carbocycles. The fourth-order valence-electron chi connectivity index (χ4n) is 3.29. The van der Waals surface area contributed by atoms with Crippen molar-refractivity contribution >= 4 is 27.5 Å². The molecule has 1 fully saturated rings. The second kappa shape index (κ2) is 8.37. The summed E-state index contributed by atoms with van der Waals surface area (Å²) in [5.41, 5.74) is 1.07. The zero-order valence-electron chi connectivity index (χ0n) is 15.1. The van der Waals surface area contributed by atoms with Gasteiger partial charge in [0.1, 0.15) is 10.0 Å². The molecule has 0 atom stereocenters. The number of nitrogens with zero attached hydrogens (tertiary/aromatic N) is 3. The predicted molar refractivity (Wildman–Crippen MR) is 104 cm³/mol. The van der Waals surface area contributed by atoms with Crippen molar-refractivity contribution < 1.29 is 13.2 Å². The number of hydrogen-bond acceptors (Lipinski definition) is 4. The summed E-state index contributed by atoms with van der Waals surface area (Å²) in [5.74, 6) is -0.121. The van der Waals surface area contributed by atoms with E-state index >= 15 is 0 Å². The molecule has 2 heterocycles. The van der Waals surface area contributed by atoms with Gasteiger partial charge in [0.25, 0.3) is 0 Å². The number of hydrogen-bond donors (Lipinski definition) is 0. The highest BCUT2D eigenvalue weighted by atomic mass is 35.5. The van der Waals surface area contributed by atoms with Crippen LogP contribution in [0.15, 0.2) is 53.6 Å². The van der Waals surface area contributed by atoms with E-state index in [1.165, 1.54) is 16.6 Å². The van der Waals surface area contributed by atoms with Crippen molar-refractivity contribution in [3.8, 4) is 0 Å². The van der Waals surface area contributed by atoms with Gasteiger partial charge in [-0.1, -0.05) is 41.9 Å². The van der Waals surface area contributed by atoms with Gasteiger partial charge in [0.15, 0.2) is 0 Å². The van der Waals surface area contributed by atoms with Crippen LogP contribution in [0.2, 0.25) is 5.15 Å². The predicted octanol–water partition coefficient (Wildman–Crippen LogP) is 2.79. The SMILES string of the molecule is CN(Cc1ccccc1)C(=O)C1CCN(S(=O)(=O)c2cccnc2Cl)CC1. The van der Waals surface area contributed by atoms with Gasteiger partial charge in [0.2, 0.25) is 15.9 Å². The van der Waals surface area contributed by atoms with E-state index < -0.39 is 10.0 Å². The minimum Gasteiger partial charge on any atom is -0.341 e. The molecule has 0 unspecified atom stereocenters. The van der Waals surface area contributed by atoms with Gasteiger partial charge in [-0.15, -0.1) is 0 Å². The maximum absolute atomic E-state index is 12.8. The number of rotatable bonds is 5. The number of sulfonamides is 1. The lowest BCUT2D eigenvalue weighted by molar-refractivity contribution is -0.135. The van der Waals surface area contributed by atoms with Crippen LogP contribution in [0.3, 0.4) is 0 Å². The van der Waals surface area contributed by atoms with E-state index in [0.717, 1.165) is 5.56 Å². The molecule has 0 spiro atoms. The number of halogens is 1. The van der Waals surface area contributed by atoms with Gasteiger partial charge >= 0.3 is 0 Å². The van der Waals surface area contributed by atoms with Gasteiger partial charge in [-0.2, -0.15) is 4.31 Å². The van der Waals surface area contributed by atoms with Crippen molar-refractivity contribution in [2.45, 2.75) is 24.3 Å². The van der Waals surface area contributed by atoms with E-state index in [9.17, 15) is 13.2 Å². The summed E-state index contributed by atoms with van der Waals surface area (Å²) in [7, 11) is -1.91. The molecule has 0 N–H and O–H groups in total. The fraction of sp³-hybridized carbons (Fsp3) is 0.368. The molecule has 1 aliphatic heterocycles. The summed E-state index contributed by atoms with van der Waals surface area (Å²) in [6.45, 7) is 1.13. The number of amides is 1. The van der Waals surface area contributed by atoms with Crippen molar-refractivity contribution in [3.05, 3.63) is 59.4 Å². The van der Waals surface area contributed by atoms with Gasteiger partial charge in [-0.25, -0.2) is 13.4 Å². The molecule has 27 heavy (non-hydrogen) atoms. The number of piperidine rings is 1. The van der Waals surface area contributed by atoms with E-state index in [1.54, 1.807) is 18.0 Å². The van der Waals surface area contributed by atoms with Crippen LogP contribution >= 0.6 is 11.6 Å². The molecule has 1 amide bonds. The first kappa shape index (κ1) is 19.8. The smallest absolute Gasteiger partial charge is 0.246 e. The number of aromatic nitrogens is 1. The summed E-state index contributed by atoms with van der Waals surface area (Å²) in [5, 5.41) is -0.0294. The Kier molecular flexibility index (Phi) is 6.14. The number of carbonyl (C=O) groups excluding carboxylic acids is 1. The number of pyridine rings is 1. The largest absolute Gasteiger partial charge is 0.341 e. The summed E-state index contributed by atoms with van der Waals surface area (Å²) < 4.78 is 26.9. The zero-order valence-corrected chi connectivity index (χ0v) is 16.7. The Hall–Kier alpha value is -1.96. The molecule has 1 aromatic carbocycles. The van der Waals surface area contributed by atoms with Crippen LogP contribution in [0, 0.1) is 5.92 Å². The number of benzene rings is 1. The van der Waals surface area contributed by atoms with Crippen molar-refractivity contribution in [2.75, 3.05) is 20.1 Å². The molecular formula is C19H22ClN3O3S. The van der Waals surface area contributed by atoms with Gasteiger partial charge in [-0.3, -0.25) is 4.79 Å². The van der Waals surface area contributed by atoms with E-state index in [0.29, 0.717) is 32.5 Å². The van der Waals surface area contributed by atoms with Crippen LogP contribution in [-0.2, 0) is 21.4 Å². The van der Waals surface area contributed by atoms with Crippen LogP contribution in [0.5, 0.6) is 0 Å². The first-order valence-electron chi connectivity index (χ1n) is 8.79. The molecule has 144 valence electrons. The highest BCUT2D eigenvalue weighted by Gasteiger charge is 2.34. The van der Waals surface area contributed by atoms with E-state index in [-0.39, 0.29) is 21.9 Å². The summed E-state index contributed by atoms with van der Waals surface area (Å²) in [6.07, 6.45) is 2.44. The Morgan fingerprint density at radius 1 is 1.19 bits per heavy atom. The highest BCUT2D eigenvalue weighted by Crippen LogP contribution is 2.27. The highest BCUT2D eigenvalue weighted by molar-refractivity contribution is 7.89. The van der Waals surface area contributed by atoms with E-state index in [4.69, 9.17) is 11.6 Å². The summed E-state index contributed by atoms with van der Waals surface area (Å²) in [4.78, 5) is 18.3. The average molecular weight is 408 g/mol. The Labute approximate surface area is 164 Å². The second-order valence-electron chi connectivity index (χ2n) is 6.65. The van der Waals surface area contributed by atoms with Crippen molar-refractivity contribution in [3.63, 3.8) is 0 Å². The zero-order chi connectivity index (χ0) is 19.4. The standard InChI is InChI=1S/C19H22ClN3O3S/c1-22(14-15-6-3-2-4-7-15)19(24)16-9-12-23(13-10-16)27(25,26)17-8-5-11-21-18(17)20/h2-8,11,16H,9-10,12-14H2,1H3. The number of carbonyl (C=O) groups is 1. The average Bonchev–Trinajstić information content (AvgIpc) is 2.68. The lowest BCUT2D eigenvalue weighted by Crippen LogP contribution is -2.43. The van der Waals surface area contributed by atoms with Crippen molar-refractivity contribution in [2.24, 2.45) is 5.92 Å². The first-order valence-corrected chi connectivity index (χ1v) is 10.6. The Morgan fingerprint density at radius 3 is 2.48 bits per heavy atom. The Balaban J connectivity index is 1.61. The molecule has 1 aliphatic rings. The van der Waals surface area contributed by atoms with Gasteiger partial charge < -0.3 is 4.90 Å². The normalized spacial score (nSPS) is 16.2. The third-order valence-corrected chi connectivity index (χ3v) is 7.13. The molecule has 0 radical (unpaired) electrons. The lowest BCUT2D eigenvalue weighted by atomic mass is 9.96. The quantitative estimate of drug-likeness (QED) is 0.714. The molecule has 1 saturated heterocycles. The maximum Gasteiger partial charge on any atom is 0.246 e. The molecule has 1 aromatic heterocycles. The third-order valence-electron chi connectivity index (χ3n) is 4.78. The van der Waals surface area contributed by atoms with Crippen LogP contribution in [0.25, 0.3) is 0 Å². The van der Waals surface area contributed by atoms with Gasteiger partial charge in [0, 0.05) is 38.8 Å². The molecule has 8 heteroatoms. The Bertz CT molecular complexity index is 897. The minimum absolute atomic E-state index is 0.0117. The molecule has 6 nitrogen and oxygen atoms in total. The summed E-state index contributed by atoms with van der Waals surface area (Å²) in [6, 6.07) is 12.8. The van der Waals surface area contributed by atoms with Gasteiger partial charge in [0.05, 0.1) is 0 Å². The van der Waals surface area contributed by atoms with Crippen LogP contribution in [0.1, 0.15) is 18.4 Å². The molecular weight excluding hydrogens is 386 g/mol. The first-order chi connectivity index (χ1) is 12.9. The second-order valence-corrected chi connectivity index (χ2v) is 8.91. The Morgan fingerprint density at radius 2 is 1.85 bits per heavy atom. The molecule has 3 rings (SSSR count). The monoisotopic (exact) mass is 407 g/mol. The van der Waals surface area contributed by atoms with Crippen LogP contribution in [0.4, 0.5) is 0 Å². The van der Waals surface area contributed by atoms with E-state index in [2.05, 4.69) is 4.98 Å². The lowest BCUT2D eigenvalue weighted by Gasteiger charge is -2.32. The molecule has 0 bridgehead atoms. The minimum atomic E-state index is -3.70. The molecule has 0 saturated carbocycles.